The van der Waals surface area contributed by atoms with Crippen molar-refractivity contribution in [1.29, 1.82) is 0 Å². The zero-order valence-corrected chi connectivity index (χ0v) is 11.5. The number of rotatable bonds is 3. The molecule has 0 spiro atoms. The summed E-state index contributed by atoms with van der Waals surface area (Å²) in [6, 6.07) is 6.59. The summed E-state index contributed by atoms with van der Waals surface area (Å²) in [7, 11) is 0. The third-order valence-corrected chi connectivity index (χ3v) is 3.12. The van der Waals surface area contributed by atoms with Gasteiger partial charge in [-0.15, -0.1) is 0 Å². The SMILES string of the molecule is C/C=C(/O)NC1CCc2ccc(CN)cc21.CC. The molecule has 100 valence electrons. The number of nitrogens with two attached hydrogens (primary N) is 1. The fourth-order valence-corrected chi connectivity index (χ4v) is 2.19. The zero-order valence-electron chi connectivity index (χ0n) is 11.5. The number of nitrogens with one attached hydrogen (secondary N) is 1. The molecule has 0 saturated heterocycles. The van der Waals surface area contributed by atoms with Gasteiger partial charge in [0.1, 0.15) is 0 Å². The van der Waals surface area contributed by atoms with Crippen LogP contribution in [0.4, 0.5) is 0 Å². The van der Waals surface area contributed by atoms with Gasteiger partial charge >= 0.3 is 0 Å². The molecule has 4 N–H and O–H groups in total. The second kappa shape index (κ2) is 7.07. The van der Waals surface area contributed by atoms with Crippen molar-refractivity contribution in [2.24, 2.45) is 5.73 Å². The van der Waals surface area contributed by atoms with Crippen LogP contribution >= 0.6 is 0 Å². The average molecular weight is 248 g/mol. The maximum absolute atomic E-state index is 9.50. The average Bonchev–Trinajstić information content (AvgIpc) is 2.83. The summed E-state index contributed by atoms with van der Waals surface area (Å²) in [5.41, 5.74) is 9.42. The normalized spacial score (nSPS) is 17.8. The first-order chi connectivity index (χ1) is 8.74. The summed E-state index contributed by atoms with van der Waals surface area (Å²) in [5.74, 6) is 0.246. The Hall–Kier alpha value is -1.48. The molecule has 3 nitrogen and oxygen atoms in total. The van der Waals surface area contributed by atoms with Crippen LogP contribution in [0.3, 0.4) is 0 Å². The summed E-state index contributed by atoms with van der Waals surface area (Å²) in [6.45, 7) is 6.38. The minimum absolute atomic E-state index is 0.220. The Bertz CT molecular complexity index is 413. The predicted octanol–water partition coefficient (Wildman–Crippen LogP) is 3.17. The molecule has 0 bridgehead atoms. The molecule has 0 saturated carbocycles. The summed E-state index contributed by atoms with van der Waals surface area (Å²) in [5, 5.41) is 12.6. The van der Waals surface area contributed by atoms with Crippen LogP contribution < -0.4 is 11.1 Å². The molecule has 1 aromatic rings. The van der Waals surface area contributed by atoms with Gasteiger partial charge in [0.2, 0.25) is 0 Å². The number of hydrogen-bond acceptors (Lipinski definition) is 3. The third kappa shape index (κ3) is 3.26. The van der Waals surface area contributed by atoms with Crippen LogP contribution in [-0.2, 0) is 13.0 Å². The van der Waals surface area contributed by atoms with Gasteiger partial charge in [-0.25, -0.2) is 0 Å². The van der Waals surface area contributed by atoms with Crippen LogP contribution in [0, 0.1) is 0 Å². The number of benzene rings is 1. The van der Waals surface area contributed by atoms with Crippen LogP contribution in [0.2, 0.25) is 0 Å². The van der Waals surface area contributed by atoms with Gasteiger partial charge in [-0.3, -0.25) is 0 Å². The molecule has 1 aliphatic rings. The highest BCUT2D eigenvalue weighted by Crippen LogP contribution is 2.32. The van der Waals surface area contributed by atoms with E-state index in [1.165, 1.54) is 11.1 Å². The third-order valence-electron chi connectivity index (χ3n) is 3.12. The molecule has 18 heavy (non-hydrogen) atoms. The maximum Gasteiger partial charge on any atom is 0.180 e. The minimum Gasteiger partial charge on any atom is -0.495 e. The van der Waals surface area contributed by atoms with E-state index in [-0.39, 0.29) is 11.9 Å². The van der Waals surface area contributed by atoms with Crippen LogP contribution in [-0.4, -0.2) is 5.11 Å². The Morgan fingerprint density at radius 3 is 2.83 bits per heavy atom. The molecule has 0 aliphatic heterocycles. The summed E-state index contributed by atoms with van der Waals surface area (Å²) < 4.78 is 0. The second-order valence-electron chi connectivity index (χ2n) is 4.15. The van der Waals surface area contributed by atoms with Crippen molar-refractivity contribution in [2.45, 2.75) is 46.2 Å². The number of aliphatic hydroxyl groups excluding tert-OH is 1. The lowest BCUT2D eigenvalue weighted by atomic mass is 10.0. The molecule has 0 aromatic heterocycles. The number of allylic oxidation sites excluding steroid dienone is 1. The van der Waals surface area contributed by atoms with Crippen molar-refractivity contribution >= 4 is 0 Å². The molecule has 0 heterocycles. The van der Waals surface area contributed by atoms with Crippen molar-refractivity contribution in [3.8, 4) is 0 Å². The minimum atomic E-state index is 0.220. The van der Waals surface area contributed by atoms with E-state index >= 15 is 0 Å². The van der Waals surface area contributed by atoms with Crippen LogP contribution in [0.25, 0.3) is 0 Å². The summed E-state index contributed by atoms with van der Waals surface area (Å²) >= 11 is 0. The Morgan fingerprint density at radius 2 is 2.22 bits per heavy atom. The largest absolute Gasteiger partial charge is 0.495 e. The van der Waals surface area contributed by atoms with E-state index in [1.54, 1.807) is 6.08 Å². The molecule has 1 unspecified atom stereocenters. The number of fused-ring (bicyclic) bond motifs is 1. The van der Waals surface area contributed by atoms with Crippen molar-refractivity contribution in [2.75, 3.05) is 0 Å². The Balaban J connectivity index is 0.000000771. The number of hydrogen-bond donors (Lipinski definition) is 3. The lowest BCUT2D eigenvalue weighted by Gasteiger charge is -2.15. The van der Waals surface area contributed by atoms with E-state index in [2.05, 4.69) is 23.5 Å². The molecular formula is C15H24N2O. The molecule has 1 atom stereocenters. The van der Waals surface area contributed by atoms with E-state index in [0.29, 0.717) is 6.54 Å². The standard InChI is InChI=1S/C13H18N2O.C2H6/c1-2-13(16)15-12-6-5-10-4-3-9(8-14)7-11(10)12;1-2/h2-4,7,12,15-16H,5-6,8,14H2,1H3;1-2H3/b13-2+;. The number of aliphatic hydroxyl groups is 1. The van der Waals surface area contributed by atoms with Crippen molar-refractivity contribution in [1.82, 2.24) is 5.32 Å². The highest BCUT2D eigenvalue weighted by atomic mass is 16.3. The Kier molecular flexibility index (Phi) is 5.72. The van der Waals surface area contributed by atoms with Gasteiger partial charge in [-0.1, -0.05) is 32.0 Å². The molecule has 1 aliphatic carbocycles. The smallest absolute Gasteiger partial charge is 0.180 e. The first kappa shape index (κ1) is 14.6. The fraction of sp³-hybridized carbons (Fsp3) is 0.467. The maximum atomic E-state index is 9.50. The Morgan fingerprint density at radius 1 is 1.50 bits per heavy atom. The number of aryl methyl sites for hydroxylation is 1. The van der Waals surface area contributed by atoms with Crippen molar-refractivity contribution in [3.63, 3.8) is 0 Å². The molecule has 0 amide bonds. The van der Waals surface area contributed by atoms with Gasteiger partial charge in [0.05, 0.1) is 6.04 Å². The molecule has 0 radical (unpaired) electrons. The molecular weight excluding hydrogens is 224 g/mol. The lowest BCUT2D eigenvalue weighted by molar-refractivity contribution is 0.339. The highest BCUT2D eigenvalue weighted by Gasteiger charge is 2.22. The van der Waals surface area contributed by atoms with E-state index in [1.807, 2.05) is 20.8 Å². The van der Waals surface area contributed by atoms with Gasteiger partial charge in [-0.2, -0.15) is 0 Å². The van der Waals surface area contributed by atoms with E-state index in [0.717, 1.165) is 18.4 Å². The first-order valence-electron chi connectivity index (χ1n) is 6.68. The van der Waals surface area contributed by atoms with Crippen molar-refractivity contribution < 1.29 is 5.11 Å². The van der Waals surface area contributed by atoms with E-state index in [4.69, 9.17) is 5.73 Å². The van der Waals surface area contributed by atoms with E-state index in [9.17, 15) is 5.11 Å². The summed E-state index contributed by atoms with van der Waals surface area (Å²) in [4.78, 5) is 0. The zero-order chi connectivity index (χ0) is 13.5. The predicted molar refractivity (Wildman–Crippen MR) is 76.3 cm³/mol. The van der Waals surface area contributed by atoms with E-state index < -0.39 is 0 Å². The molecule has 3 heteroatoms. The Labute approximate surface area is 110 Å². The topological polar surface area (TPSA) is 58.3 Å². The van der Waals surface area contributed by atoms with Gasteiger partial charge < -0.3 is 16.2 Å². The van der Waals surface area contributed by atoms with Gasteiger partial charge in [0, 0.05) is 6.54 Å². The van der Waals surface area contributed by atoms with Gasteiger partial charge in [-0.05, 0) is 42.5 Å². The van der Waals surface area contributed by atoms with Crippen LogP contribution in [0.5, 0.6) is 0 Å². The van der Waals surface area contributed by atoms with Crippen LogP contribution in [0.15, 0.2) is 30.2 Å². The summed E-state index contributed by atoms with van der Waals surface area (Å²) in [6.07, 6.45) is 3.76. The van der Waals surface area contributed by atoms with Gasteiger partial charge in [0.15, 0.2) is 5.88 Å². The first-order valence-corrected chi connectivity index (χ1v) is 6.68. The van der Waals surface area contributed by atoms with Crippen molar-refractivity contribution in [3.05, 3.63) is 46.8 Å². The quantitative estimate of drug-likeness (QED) is 0.720. The molecule has 1 aromatic carbocycles. The van der Waals surface area contributed by atoms with Crippen LogP contribution in [0.1, 0.15) is 49.9 Å². The molecule has 0 fully saturated rings. The monoisotopic (exact) mass is 248 g/mol. The molecule has 2 rings (SSSR count). The van der Waals surface area contributed by atoms with Gasteiger partial charge in [0.25, 0.3) is 0 Å². The fourth-order valence-electron chi connectivity index (χ4n) is 2.19. The lowest BCUT2D eigenvalue weighted by Crippen LogP contribution is -2.18. The second-order valence-corrected chi connectivity index (χ2v) is 4.15. The highest BCUT2D eigenvalue weighted by molar-refractivity contribution is 5.38.